The fourth-order valence-corrected chi connectivity index (χ4v) is 4.12. The first-order valence-electron chi connectivity index (χ1n) is 13.3. The lowest BCUT2D eigenvalue weighted by molar-refractivity contribution is -0.130. The largest absolute Gasteiger partial charge is 0.423 e. The van der Waals surface area contributed by atoms with E-state index in [0.29, 0.717) is 37.1 Å². The van der Waals surface area contributed by atoms with Crippen LogP contribution in [0.2, 0.25) is 0 Å². The van der Waals surface area contributed by atoms with Crippen LogP contribution in [0.25, 0.3) is 11.0 Å². The van der Waals surface area contributed by atoms with Crippen molar-refractivity contribution in [2.75, 3.05) is 18.4 Å². The molecule has 2 aromatic rings. The maximum absolute atomic E-state index is 13.2. The quantitative estimate of drug-likeness (QED) is 0.173. The number of anilines is 1. The van der Waals surface area contributed by atoms with E-state index in [4.69, 9.17) is 4.42 Å². The van der Waals surface area contributed by atoms with Crippen LogP contribution in [0.5, 0.6) is 0 Å². The highest BCUT2D eigenvalue weighted by atomic mass is 16.4. The molecule has 5 N–H and O–H groups in total. The molecule has 0 radical (unpaired) electrons. The van der Waals surface area contributed by atoms with Crippen molar-refractivity contribution >= 4 is 46.2 Å². The van der Waals surface area contributed by atoms with Crippen molar-refractivity contribution in [1.29, 1.82) is 0 Å². The molecule has 1 aromatic heterocycles. The van der Waals surface area contributed by atoms with Gasteiger partial charge >= 0.3 is 5.63 Å². The van der Waals surface area contributed by atoms with Crippen molar-refractivity contribution in [3.05, 3.63) is 40.2 Å². The summed E-state index contributed by atoms with van der Waals surface area (Å²) in [6, 6.07) is 4.59. The number of rotatable bonds is 14. The normalized spacial score (nSPS) is 12.3. The monoisotopic (exact) mass is 557 g/mol. The number of unbranched alkanes of at least 4 members (excludes halogenated alkanes) is 1. The Morgan fingerprint density at radius 1 is 0.875 bits per heavy atom. The highest BCUT2D eigenvalue weighted by Gasteiger charge is 2.24. The van der Waals surface area contributed by atoms with Gasteiger partial charge in [0.15, 0.2) is 0 Å². The third-order valence-corrected chi connectivity index (χ3v) is 5.99. The van der Waals surface area contributed by atoms with Gasteiger partial charge in [0, 0.05) is 43.6 Å². The Morgan fingerprint density at radius 3 is 2.25 bits per heavy atom. The fourth-order valence-electron chi connectivity index (χ4n) is 4.12. The van der Waals surface area contributed by atoms with Gasteiger partial charge in [-0.25, -0.2) is 4.79 Å². The van der Waals surface area contributed by atoms with E-state index in [2.05, 4.69) is 26.6 Å². The molecule has 0 unspecified atom stereocenters. The van der Waals surface area contributed by atoms with Crippen LogP contribution in [0.1, 0.15) is 58.9 Å². The van der Waals surface area contributed by atoms with Crippen LogP contribution < -0.4 is 32.2 Å². The number of hydrogen-bond acceptors (Lipinski definition) is 7. The minimum absolute atomic E-state index is 0.133. The molecule has 2 atom stereocenters. The molecule has 1 aromatic carbocycles. The van der Waals surface area contributed by atoms with E-state index < -0.39 is 35.4 Å². The van der Waals surface area contributed by atoms with Gasteiger partial charge in [-0.3, -0.25) is 24.0 Å². The van der Waals surface area contributed by atoms with Gasteiger partial charge in [0.25, 0.3) is 0 Å². The van der Waals surface area contributed by atoms with E-state index in [0.717, 1.165) is 10.9 Å². The average molecular weight is 558 g/mol. The Morgan fingerprint density at radius 2 is 1.60 bits per heavy atom. The standard InChI is InChI=1S/C28H39N5O7/c1-16(2)12-23(31-19(5)35)27(38)30-15-25(36)33-22(8-6-7-11-29-18(4)34)28(39)32-20-9-10-21-17(3)13-26(37)40-24(21)14-20/h9-10,13-14,16,22-23H,6-8,11-12,15H2,1-5H3,(H,29,34)(H,30,38)(H,31,35)(H,32,39)(H,33,36)/t22-,23-/m1/s1. The summed E-state index contributed by atoms with van der Waals surface area (Å²) in [6.45, 7) is 8.37. The Labute approximate surface area is 233 Å². The lowest BCUT2D eigenvalue weighted by Crippen LogP contribution is -2.51. The molecule has 0 bridgehead atoms. The number of amides is 5. The lowest BCUT2D eigenvalue weighted by Gasteiger charge is -2.21. The molecule has 0 aliphatic rings. The third-order valence-electron chi connectivity index (χ3n) is 5.99. The maximum atomic E-state index is 13.2. The number of aryl methyl sites for hydroxylation is 1. The van der Waals surface area contributed by atoms with Crippen LogP contribution in [-0.4, -0.2) is 54.7 Å². The molecule has 0 saturated carbocycles. The number of carbonyl (C=O) groups is 5. The molecule has 0 aliphatic carbocycles. The van der Waals surface area contributed by atoms with Crippen molar-refractivity contribution < 1.29 is 28.4 Å². The third kappa shape index (κ3) is 10.9. The highest BCUT2D eigenvalue weighted by molar-refractivity contribution is 5.99. The van der Waals surface area contributed by atoms with Crippen LogP contribution in [0.4, 0.5) is 5.69 Å². The summed E-state index contributed by atoms with van der Waals surface area (Å²) in [7, 11) is 0. The fraction of sp³-hybridized carbons (Fsp3) is 0.500. The second kappa shape index (κ2) is 15.4. The van der Waals surface area contributed by atoms with E-state index in [1.54, 1.807) is 19.1 Å². The average Bonchev–Trinajstić information content (AvgIpc) is 2.84. The Kier molecular flexibility index (Phi) is 12.3. The van der Waals surface area contributed by atoms with E-state index in [1.165, 1.54) is 26.0 Å². The second-order valence-electron chi connectivity index (χ2n) is 10.1. The van der Waals surface area contributed by atoms with E-state index in [1.807, 2.05) is 13.8 Å². The lowest BCUT2D eigenvalue weighted by atomic mass is 10.0. The zero-order chi connectivity index (χ0) is 29.8. The van der Waals surface area contributed by atoms with Crippen LogP contribution in [0, 0.1) is 12.8 Å². The zero-order valence-corrected chi connectivity index (χ0v) is 23.6. The molecule has 5 amide bonds. The summed E-state index contributed by atoms with van der Waals surface area (Å²) in [5, 5.41) is 13.9. The molecular weight excluding hydrogens is 518 g/mol. The van der Waals surface area contributed by atoms with Crippen molar-refractivity contribution in [1.82, 2.24) is 21.3 Å². The minimum atomic E-state index is -0.941. The van der Waals surface area contributed by atoms with Gasteiger partial charge in [-0.1, -0.05) is 13.8 Å². The van der Waals surface area contributed by atoms with Crippen molar-refractivity contribution in [2.45, 2.75) is 72.4 Å². The van der Waals surface area contributed by atoms with E-state index in [-0.39, 0.29) is 30.7 Å². The molecule has 0 spiro atoms. The molecule has 0 fully saturated rings. The molecule has 1 heterocycles. The van der Waals surface area contributed by atoms with Gasteiger partial charge in [0.05, 0.1) is 6.54 Å². The number of hydrogen-bond donors (Lipinski definition) is 5. The van der Waals surface area contributed by atoms with Gasteiger partial charge in [0.2, 0.25) is 29.5 Å². The summed E-state index contributed by atoms with van der Waals surface area (Å²) in [4.78, 5) is 72.8. The number of fused-ring (bicyclic) bond motifs is 1. The molecule has 0 saturated heterocycles. The Bertz CT molecular complexity index is 1290. The molecule has 40 heavy (non-hydrogen) atoms. The minimum Gasteiger partial charge on any atom is -0.423 e. The summed E-state index contributed by atoms with van der Waals surface area (Å²) < 4.78 is 5.24. The first-order chi connectivity index (χ1) is 18.8. The predicted octanol–water partition coefficient (Wildman–Crippen LogP) is 1.50. The smallest absolute Gasteiger partial charge is 0.336 e. The van der Waals surface area contributed by atoms with Gasteiger partial charge in [-0.2, -0.15) is 0 Å². The van der Waals surface area contributed by atoms with Crippen molar-refractivity contribution in [3.8, 4) is 0 Å². The molecule has 0 aliphatic heterocycles. The van der Waals surface area contributed by atoms with Gasteiger partial charge in [0.1, 0.15) is 17.7 Å². The highest BCUT2D eigenvalue weighted by Crippen LogP contribution is 2.21. The van der Waals surface area contributed by atoms with Gasteiger partial charge in [-0.15, -0.1) is 0 Å². The molecule has 2 rings (SSSR count). The van der Waals surface area contributed by atoms with Crippen LogP contribution in [-0.2, 0) is 24.0 Å². The molecule has 12 heteroatoms. The second-order valence-corrected chi connectivity index (χ2v) is 10.1. The van der Waals surface area contributed by atoms with Crippen LogP contribution >= 0.6 is 0 Å². The molecular formula is C28H39N5O7. The van der Waals surface area contributed by atoms with Gasteiger partial charge in [-0.05, 0) is 56.2 Å². The summed E-state index contributed by atoms with van der Waals surface area (Å²) in [5.74, 6) is -1.96. The molecule has 12 nitrogen and oxygen atoms in total. The van der Waals surface area contributed by atoms with Crippen molar-refractivity contribution in [2.24, 2.45) is 5.92 Å². The number of nitrogens with one attached hydrogen (secondary N) is 5. The predicted molar refractivity (Wildman–Crippen MR) is 150 cm³/mol. The molecule has 218 valence electrons. The zero-order valence-electron chi connectivity index (χ0n) is 23.6. The Hall–Kier alpha value is -4.22. The van der Waals surface area contributed by atoms with E-state index >= 15 is 0 Å². The topological polar surface area (TPSA) is 176 Å². The van der Waals surface area contributed by atoms with Gasteiger partial charge < -0.3 is 31.0 Å². The van der Waals surface area contributed by atoms with Crippen LogP contribution in [0.15, 0.2) is 33.5 Å². The first kappa shape index (κ1) is 32.0. The number of benzene rings is 1. The summed E-state index contributed by atoms with van der Waals surface area (Å²) in [5.41, 5.74) is 0.930. The Balaban J connectivity index is 2.08. The maximum Gasteiger partial charge on any atom is 0.336 e. The SMILES string of the molecule is CC(=O)NCCCC[C@@H](NC(=O)CNC(=O)[C@@H](CC(C)C)NC(C)=O)C(=O)Nc1ccc2c(C)cc(=O)oc2c1. The summed E-state index contributed by atoms with van der Waals surface area (Å²) in [6.07, 6.45) is 1.78. The number of carbonyl (C=O) groups excluding carboxylic acids is 5. The summed E-state index contributed by atoms with van der Waals surface area (Å²) >= 11 is 0. The van der Waals surface area contributed by atoms with E-state index in [9.17, 15) is 28.8 Å². The van der Waals surface area contributed by atoms with Crippen molar-refractivity contribution in [3.63, 3.8) is 0 Å². The first-order valence-corrected chi connectivity index (χ1v) is 13.3. The van der Waals surface area contributed by atoms with Crippen LogP contribution in [0.3, 0.4) is 0 Å².